The van der Waals surface area contributed by atoms with Crippen LogP contribution in [0.4, 0.5) is 0 Å². The fourth-order valence-electron chi connectivity index (χ4n) is 1.90. The third kappa shape index (κ3) is 1.95. The summed E-state index contributed by atoms with van der Waals surface area (Å²) in [6, 6.07) is 8.35. The van der Waals surface area contributed by atoms with E-state index in [2.05, 4.69) is 30.7 Å². The second-order valence-electron chi connectivity index (χ2n) is 4.11. The Morgan fingerprint density at radius 1 is 1.25 bits per heavy atom. The fraction of sp³-hybridized carbons (Fsp3) is 0.385. The van der Waals surface area contributed by atoms with Crippen LogP contribution in [0.2, 0.25) is 5.02 Å². The molecule has 2 nitrogen and oxygen atoms in total. The van der Waals surface area contributed by atoms with Crippen LogP contribution in [0, 0.1) is 0 Å². The molecule has 0 radical (unpaired) electrons. The predicted octanol–water partition coefficient (Wildman–Crippen LogP) is 3.89. The highest BCUT2D eigenvalue weighted by Gasteiger charge is 2.14. The van der Waals surface area contributed by atoms with E-state index in [-0.39, 0.29) is 6.10 Å². The molecule has 0 aliphatic heterocycles. The molecule has 0 N–H and O–H groups in total. The van der Waals surface area contributed by atoms with E-state index in [0.29, 0.717) is 6.04 Å². The van der Waals surface area contributed by atoms with Gasteiger partial charge in [-0.2, -0.15) is 0 Å². The minimum atomic E-state index is 0.176. The SMILES string of the molecule is COC(C)C(C)n1ccc2ccc(Cl)cc21. The van der Waals surface area contributed by atoms with Gasteiger partial charge in [-0.3, -0.25) is 0 Å². The molecule has 0 saturated heterocycles. The summed E-state index contributed by atoms with van der Waals surface area (Å²) in [4.78, 5) is 0. The number of rotatable bonds is 3. The molecule has 2 rings (SSSR count). The van der Waals surface area contributed by atoms with Crippen molar-refractivity contribution in [1.82, 2.24) is 4.57 Å². The van der Waals surface area contributed by atoms with Crippen LogP contribution in [0.5, 0.6) is 0 Å². The van der Waals surface area contributed by atoms with Crippen molar-refractivity contribution in [3.8, 4) is 0 Å². The summed E-state index contributed by atoms with van der Waals surface area (Å²) in [6.45, 7) is 4.22. The summed E-state index contributed by atoms with van der Waals surface area (Å²) >= 11 is 6.02. The standard InChI is InChI=1S/C13H16ClNO/c1-9(10(2)16-3)15-7-6-11-4-5-12(14)8-13(11)15/h4-10H,1-3H3. The van der Waals surface area contributed by atoms with Gasteiger partial charge in [-0.05, 0) is 37.4 Å². The van der Waals surface area contributed by atoms with Crippen LogP contribution in [-0.4, -0.2) is 17.8 Å². The number of nitrogens with zero attached hydrogens (tertiary/aromatic N) is 1. The lowest BCUT2D eigenvalue weighted by Gasteiger charge is -2.21. The molecule has 2 aromatic rings. The maximum Gasteiger partial charge on any atom is 0.0747 e. The van der Waals surface area contributed by atoms with Gasteiger partial charge in [-0.25, -0.2) is 0 Å². The lowest BCUT2D eigenvalue weighted by Crippen LogP contribution is -2.19. The van der Waals surface area contributed by atoms with Gasteiger partial charge in [0.25, 0.3) is 0 Å². The lowest BCUT2D eigenvalue weighted by atomic mass is 10.2. The van der Waals surface area contributed by atoms with E-state index in [1.165, 1.54) is 5.39 Å². The van der Waals surface area contributed by atoms with Crippen LogP contribution in [-0.2, 0) is 4.74 Å². The molecule has 0 saturated carbocycles. The normalized spacial score (nSPS) is 15.2. The van der Waals surface area contributed by atoms with E-state index >= 15 is 0 Å². The fourth-order valence-corrected chi connectivity index (χ4v) is 2.07. The largest absolute Gasteiger partial charge is 0.380 e. The van der Waals surface area contributed by atoms with Crippen molar-refractivity contribution in [1.29, 1.82) is 0 Å². The highest BCUT2D eigenvalue weighted by Crippen LogP contribution is 2.25. The van der Waals surface area contributed by atoms with Crippen molar-refractivity contribution >= 4 is 22.5 Å². The summed E-state index contributed by atoms with van der Waals surface area (Å²) in [6.07, 6.45) is 2.26. The maximum atomic E-state index is 6.02. The zero-order chi connectivity index (χ0) is 11.7. The lowest BCUT2D eigenvalue weighted by molar-refractivity contribution is 0.0792. The molecule has 0 bridgehead atoms. The Morgan fingerprint density at radius 2 is 2.00 bits per heavy atom. The summed E-state index contributed by atoms with van der Waals surface area (Å²) in [5.41, 5.74) is 1.16. The second-order valence-corrected chi connectivity index (χ2v) is 4.54. The molecule has 1 aromatic carbocycles. The van der Waals surface area contributed by atoms with Crippen LogP contribution >= 0.6 is 11.6 Å². The van der Waals surface area contributed by atoms with E-state index in [1.807, 2.05) is 18.2 Å². The average molecular weight is 238 g/mol. The van der Waals surface area contributed by atoms with E-state index < -0.39 is 0 Å². The van der Waals surface area contributed by atoms with Crippen LogP contribution in [0.25, 0.3) is 10.9 Å². The highest BCUT2D eigenvalue weighted by molar-refractivity contribution is 6.31. The monoisotopic (exact) mass is 237 g/mol. The van der Waals surface area contributed by atoms with Crippen molar-refractivity contribution in [2.45, 2.75) is 26.0 Å². The van der Waals surface area contributed by atoms with Gasteiger partial charge in [0.1, 0.15) is 0 Å². The molecule has 1 heterocycles. The maximum absolute atomic E-state index is 6.02. The molecule has 3 heteroatoms. The minimum absolute atomic E-state index is 0.176. The molecular formula is C13H16ClNO. The van der Waals surface area contributed by atoms with Crippen molar-refractivity contribution in [3.05, 3.63) is 35.5 Å². The first kappa shape index (κ1) is 11.5. The van der Waals surface area contributed by atoms with Gasteiger partial charge in [-0.1, -0.05) is 17.7 Å². The highest BCUT2D eigenvalue weighted by atomic mass is 35.5. The average Bonchev–Trinajstić information content (AvgIpc) is 2.69. The Morgan fingerprint density at radius 3 is 2.69 bits per heavy atom. The number of aromatic nitrogens is 1. The van der Waals surface area contributed by atoms with Crippen molar-refractivity contribution in [2.24, 2.45) is 0 Å². The topological polar surface area (TPSA) is 14.2 Å². The van der Waals surface area contributed by atoms with E-state index in [0.717, 1.165) is 10.5 Å². The number of methoxy groups -OCH3 is 1. The van der Waals surface area contributed by atoms with Gasteiger partial charge in [0.15, 0.2) is 0 Å². The smallest absolute Gasteiger partial charge is 0.0747 e. The number of halogens is 1. The van der Waals surface area contributed by atoms with Crippen molar-refractivity contribution in [2.75, 3.05) is 7.11 Å². The van der Waals surface area contributed by atoms with Gasteiger partial charge in [-0.15, -0.1) is 0 Å². The summed E-state index contributed by atoms with van der Waals surface area (Å²) in [5.74, 6) is 0. The van der Waals surface area contributed by atoms with Crippen LogP contribution in [0.1, 0.15) is 19.9 Å². The van der Waals surface area contributed by atoms with Crippen LogP contribution in [0.15, 0.2) is 30.5 Å². The molecular weight excluding hydrogens is 222 g/mol. The number of benzene rings is 1. The minimum Gasteiger partial charge on any atom is -0.380 e. The molecule has 0 amide bonds. The van der Waals surface area contributed by atoms with Gasteiger partial charge in [0, 0.05) is 23.8 Å². The zero-order valence-corrected chi connectivity index (χ0v) is 10.5. The van der Waals surface area contributed by atoms with Crippen LogP contribution < -0.4 is 0 Å². The molecule has 1 aromatic heterocycles. The summed E-state index contributed by atoms with van der Waals surface area (Å²) in [7, 11) is 1.74. The third-order valence-corrected chi connectivity index (χ3v) is 3.41. The number of hydrogen-bond donors (Lipinski definition) is 0. The molecule has 0 spiro atoms. The van der Waals surface area contributed by atoms with Gasteiger partial charge in [0.05, 0.1) is 12.1 Å². The Bertz CT molecular complexity index is 492. The molecule has 0 aliphatic carbocycles. The van der Waals surface area contributed by atoms with E-state index in [1.54, 1.807) is 7.11 Å². The molecule has 2 atom stereocenters. The first-order chi connectivity index (χ1) is 7.63. The Kier molecular flexibility index (Phi) is 3.22. The zero-order valence-electron chi connectivity index (χ0n) is 9.77. The Hall–Kier alpha value is -0.990. The Labute approximate surface area is 101 Å². The molecule has 2 unspecified atom stereocenters. The predicted molar refractivity (Wildman–Crippen MR) is 68.1 cm³/mol. The molecule has 0 aliphatic rings. The first-order valence-electron chi connectivity index (χ1n) is 5.42. The van der Waals surface area contributed by atoms with Crippen molar-refractivity contribution in [3.63, 3.8) is 0 Å². The quantitative estimate of drug-likeness (QED) is 0.790. The molecule has 0 fully saturated rings. The second kappa shape index (κ2) is 4.48. The Balaban J connectivity index is 2.48. The third-order valence-electron chi connectivity index (χ3n) is 3.18. The number of ether oxygens (including phenoxy) is 1. The first-order valence-corrected chi connectivity index (χ1v) is 5.80. The number of fused-ring (bicyclic) bond motifs is 1. The molecule has 16 heavy (non-hydrogen) atoms. The van der Waals surface area contributed by atoms with E-state index in [9.17, 15) is 0 Å². The van der Waals surface area contributed by atoms with Crippen LogP contribution in [0.3, 0.4) is 0 Å². The van der Waals surface area contributed by atoms with E-state index in [4.69, 9.17) is 16.3 Å². The molecule has 86 valence electrons. The van der Waals surface area contributed by atoms with Gasteiger partial charge >= 0.3 is 0 Å². The van der Waals surface area contributed by atoms with Crippen molar-refractivity contribution < 1.29 is 4.74 Å². The summed E-state index contributed by atoms with van der Waals surface area (Å²) in [5, 5.41) is 1.98. The number of hydrogen-bond acceptors (Lipinski definition) is 1. The summed E-state index contributed by atoms with van der Waals surface area (Å²) < 4.78 is 7.56. The van der Waals surface area contributed by atoms with Gasteiger partial charge < -0.3 is 9.30 Å². The van der Waals surface area contributed by atoms with Gasteiger partial charge in [0.2, 0.25) is 0 Å².